The summed E-state index contributed by atoms with van der Waals surface area (Å²) in [7, 11) is -0.616. The van der Waals surface area contributed by atoms with Gasteiger partial charge in [0.2, 0.25) is 0 Å². The quantitative estimate of drug-likeness (QED) is 0.573. The minimum Gasteiger partial charge on any atom is -0.141 e. The van der Waals surface area contributed by atoms with E-state index in [0.29, 0.717) is 0 Å². The van der Waals surface area contributed by atoms with Gasteiger partial charge >= 0.3 is 8.69 Å². The summed E-state index contributed by atoms with van der Waals surface area (Å²) in [5.41, 5.74) is -0.115. The molecule has 0 aliphatic rings. The van der Waals surface area contributed by atoms with Gasteiger partial charge in [-0.05, 0) is 23.8 Å². The maximum Gasteiger partial charge on any atom is 0.494 e. The largest absolute Gasteiger partial charge is 0.494 e. The molecule has 0 aliphatic carbocycles. The molecule has 1 atom stereocenters. The summed E-state index contributed by atoms with van der Waals surface area (Å²) in [6.07, 6.45) is 5.28. The minimum absolute atomic E-state index is 0.115. The van der Waals surface area contributed by atoms with Gasteiger partial charge in [0, 0.05) is 0 Å². The lowest BCUT2D eigenvalue weighted by Gasteiger charge is -2.23. The second-order valence-corrected chi connectivity index (χ2v) is 3.55. The van der Waals surface area contributed by atoms with Crippen LogP contribution < -0.4 is 0 Å². The first-order chi connectivity index (χ1) is 5.74. The number of hydrogen-bond donors (Lipinski definition) is 0. The first-order valence-electron chi connectivity index (χ1n) is 4.79. The highest BCUT2D eigenvalue weighted by Gasteiger charge is 2.30. The Kier molecular flexibility index (Phi) is 6.60. The molecule has 0 rings (SSSR count). The van der Waals surface area contributed by atoms with Crippen LogP contribution in [0.15, 0.2) is 0 Å². The van der Waals surface area contributed by atoms with Gasteiger partial charge in [-0.25, -0.2) is 0 Å². The Hall–Kier alpha value is 0.0600. The molecular weight excluding hydrogens is 171 g/mol. The molecule has 0 saturated heterocycles. The molecule has 0 aromatic carbocycles. The molecule has 0 heterocycles. The fraction of sp³-hybridized carbons (Fsp3) is 1.00. The van der Waals surface area contributed by atoms with Crippen molar-refractivity contribution in [2.45, 2.75) is 58.5 Å². The zero-order valence-electron chi connectivity index (χ0n) is 8.35. The van der Waals surface area contributed by atoms with Crippen LogP contribution in [0, 0.1) is 0 Å². The molecule has 0 aliphatic heterocycles. The molecule has 3 heteroatoms. The van der Waals surface area contributed by atoms with Crippen molar-refractivity contribution >= 4 is 8.69 Å². The van der Waals surface area contributed by atoms with Crippen LogP contribution in [0.4, 0.5) is 0 Å². The Morgan fingerprint density at radius 3 is 2.17 bits per heavy atom. The van der Waals surface area contributed by atoms with E-state index in [9.17, 15) is 4.57 Å². The van der Waals surface area contributed by atoms with E-state index in [2.05, 4.69) is 20.8 Å². The topological polar surface area (TPSA) is 26.3 Å². The van der Waals surface area contributed by atoms with Gasteiger partial charge in [-0.1, -0.05) is 33.6 Å². The zero-order chi connectivity index (χ0) is 9.45. The molecule has 72 valence electrons. The SMILES string of the molecule is CCCCC(CC)(CC)O[PH+]=O. The molecule has 0 radical (unpaired) electrons. The molecule has 0 aromatic heterocycles. The average Bonchev–Trinajstić information content (AvgIpc) is 2.13. The van der Waals surface area contributed by atoms with Crippen molar-refractivity contribution in [3.63, 3.8) is 0 Å². The fourth-order valence-corrected chi connectivity index (χ4v) is 1.95. The molecule has 0 amide bonds. The molecule has 0 N–H and O–H groups in total. The van der Waals surface area contributed by atoms with Crippen molar-refractivity contribution in [1.82, 2.24) is 0 Å². The van der Waals surface area contributed by atoms with Crippen molar-refractivity contribution in [3.8, 4) is 0 Å². The zero-order valence-corrected chi connectivity index (χ0v) is 9.35. The van der Waals surface area contributed by atoms with Crippen molar-refractivity contribution in [2.75, 3.05) is 0 Å². The van der Waals surface area contributed by atoms with Gasteiger partial charge in [-0.15, -0.1) is 4.52 Å². The third kappa shape index (κ3) is 3.64. The van der Waals surface area contributed by atoms with Gasteiger partial charge in [0.25, 0.3) is 0 Å². The molecule has 12 heavy (non-hydrogen) atoms. The molecule has 0 saturated carbocycles. The minimum atomic E-state index is -0.616. The third-order valence-corrected chi connectivity index (χ3v) is 3.05. The van der Waals surface area contributed by atoms with E-state index in [-0.39, 0.29) is 5.60 Å². The van der Waals surface area contributed by atoms with E-state index in [1.165, 1.54) is 6.42 Å². The molecular formula is C9H20O2P+. The fourth-order valence-electron chi connectivity index (χ4n) is 1.39. The van der Waals surface area contributed by atoms with Gasteiger partial charge in [-0.3, -0.25) is 0 Å². The summed E-state index contributed by atoms with van der Waals surface area (Å²) in [6.45, 7) is 6.36. The predicted octanol–water partition coefficient (Wildman–Crippen LogP) is 3.69. The maximum atomic E-state index is 10.4. The van der Waals surface area contributed by atoms with Crippen molar-refractivity contribution in [3.05, 3.63) is 0 Å². The Morgan fingerprint density at radius 1 is 1.25 bits per heavy atom. The van der Waals surface area contributed by atoms with Crippen LogP contribution >= 0.6 is 8.69 Å². The first-order valence-corrected chi connectivity index (χ1v) is 5.61. The molecule has 2 nitrogen and oxygen atoms in total. The van der Waals surface area contributed by atoms with Crippen LogP contribution in [0.1, 0.15) is 52.9 Å². The second-order valence-electron chi connectivity index (χ2n) is 3.18. The van der Waals surface area contributed by atoms with E-state index in [0.717, 1.165) is 25.7 Å². The Bertz CT molecular complexity index is 122. The van der Waals surface area contributed by atoms with Crippen molar-refractivity contribution in [2.24, 2.45) is 0 Å². The molecule has 0 fully saturated rings. The Balaban J connectivity index is 4.03. The van der Waals surface area contributed by atoms with E-state index in [1.807, 2.05) is 0 Å². The van der Waals surface area contributed by atoms with Gasteiger partial charge in [-0.2, -0.15) is 0 Å². The predicted molar refractivity (Wildman–Crippen MR) is 52.9 cm³/mol. The maximum absolute atomic E-state index is 10.4. The van der Waals surface area contributed by atoms with Crippen molar-refractivity contribution in [1.29, 1.82) is 0 Å². The Morgan fingerprint density at radius 2 is 1.83 bits per heavy atom. The summed E-state index contributed by atoms with van der Waals surface area (Å²) in [5, 5.41) is 0. The summed E-state index contributed by atoms with van der Waals surface area (Å²) in [5.74, 6) is 0. The number of rotatable bonds is 7. The monoisotopic (exact) mass is 191 g/mol. The number of unbranched alkanes of at least 4 members (excludes halogenated alkanes) is 1. The smallest absolute Gasteiger partial charge is 0.141 e. The van der Waals surface area contributed by atoms with Gasteiger partial charge in [0.15, 0.2) is 0 Å². The molecule has 1 unspecified atom stereocenters. The van der Waals surface area contributed by atoms with Crippen LogP contribution in [-0.2, 0) is 9.09 Å². The normalized spacial score (nSPS) is 12.2. The van der Waals surface area contributed by atoms with Crippen LogP contribution in [-0.4, -0.2) is 5.60 Å². The summed E-state index contributed by atoms with van der Waals surface area (Å²) < 4.78 is 15.7. The highest BCUT2D eigenvalue weighted by molar-refractivity contribution is 7.17. The van der Waals surface area contributed by atoms with E-state index >= 15 is 0 Å². The highest BCUT2D eigenvalue weighted by Crippen LogP contribution is 2.30. The van der Waals surface area contributed by atoms with Crippen LogP contribution in [0.2, 0.25) is 0 Å². The van der Waals surface area contributed by atoms with Gasteiger partial charge in [0.05, 0.1) is 0 Å². The summed E-state index contributed by atoms with van der Waals surface area (Å²) in [4.78, 5) is 0. The van der Waals surface area contributed by atoms with Crippen molar-refractivity contribution < 1.29 is 9.09 Å². The first kappa shape index (κ1) is 12.1. The molecule has 0 aromatic rings. The lowest BCUT2D eigenvalue weighted by molar-refractivity contribution is 0.0634. The molecule has 0 spiro atoms. The van der Waals surface area contributed by atoms with Gasteiger partial charge in [0.1, 0.15) is 5.60 Å². The second kappa shape index (κ2) is 6.56. The standard InChI is InChI=1S/C9H20O2P/c1-4-7-8-9(5-2,6-3)11-12-10/h12H,4-8H2,1-3H3/q+1. The highest BCUT2D eigenvalue weighted by atomic mass is 31.1. The van der Waals surface area contributed by atoms with Gasteiger partial charge < -0.3 is 0 Å². The Labute approximate surface area is 77.0 Å². The van der Waals surface area contributed by atoms with E-state index < -0.39 is 8.69 Å². The average molecular weight is 191 g/mol. The summed E-state index contributed by atoms with van der Waals surface area (Å²) >= 11 is 0. The van der Waals surface area contributed by atoms with E-state index in [4.69, 9.17) is 4.52 Å². The summed E-state index contributed by atoms with van der Waals surface area (Å²) in [6, 6.07) is 0. The third-order valence-electron chi connectivity index (χ3n) is 2.53. The van der Waals surface area contributed by atoms with Crippen LogP contribution in [0.5, 0.6) is 0 Å². The number of hydrogen-bond acceptors (Lipinski definition) is 2. The lowest BCUT2D eigenvalue weighted by atomic mass is 9.91. The lowest BCUT2D eigenvalue weighted by Crippen LogP contribution is -2.27. The van der Waals surface area contributed by atoms with Crippen LogP contribution in [0.3, 0.4) is 0 Å². The molecule has 0 bridgehead atoms. The van der Waals surface area contributed by atoms with Crippen LogP contribution in [0.25, 0.3) is 0 Å². The van der Waals surface area contributed by atoms with E-state index in [1.54, 1.807) is 0 Å².